The number of fused-ring (bicyclic) bond motifs is 1. The van der Waals surface area contributed by atoms with Crippen LogP contribution in [0.25, 0.3) is 16.7 Å². The molecule has 0 spiro atoms. The highest BCUT2D eigenvalue weighted by Gasteiger charge is 2.31. The smallest absolute Gasteiger partial charge is 0.166 e. The van der Waals surface area contributed by atoms with E-state index in [4.69, 9.17) is 0 Å². The minimum Gasteiger partial charge on any atom is -0.166 e. The van der Waals surface area contributed by atoms with Crippen LogP contribution >= 0.6 is 0 Å². The molecule has 26 heavy (non-hydrogen) atoms. The Morgan fingerprint density at radius 2 is 1.54 bits per heavy atom. The number of hydrogen-bond donors (Lipinski definition) is 0. The summed E-state index contributed by atoms with van der Waals surface area (Å²) in [5.74, 6) is 0. The van der Waals surface area contributed by atoms with E-state index >= 15 is 0 Å². The van der Waals surface area contributed by atoms with Crippen LogP contribution in [0.1, 0.15) is 60.8 Å². The monoisotopic (exact) mass is 356 g/mol. The van der Waals surface area contributed by atoms with Crippen molar-refractivity contribution >= 4 is 5.57 Å². The van der Waals surface area contributed by atoms with Gasteiger partial charge in [0.25, 0.3) is 0 Å². The molecule has 0 nitrogen and oxygen atoms in total. The summed E-state index contributed by atoms with van der Waals surface area (Å²) in [5, 5.41) is 0. The van der Waals surface area contributed by atoms with Crippen molar-refractivity contribution in [2.45, 2.75) is 57.5 Å². The second kappa shape index (κ2) is 6.94. The first kappa shape index (κ1) is 17.4. The molecule has 136 valence electrons. The first-order valence-corrected chi connectivity index (χ1v) is 9.56. The minimum atomic E-state index is -4.31. The van der Waals surface area contributed by atoms with Crippen LogP contribution < -0.4 is 0 Å². The SMILES string of the molecule is FC(F)(F)c1ccc(-c2cccc3c2CCCC3)c(C2=CCCCC2)c1. The van der Waals surface area contributed by atoms with E-state index in [0.29, 0.717) is 0 Å². The summed E-state index contributed by atoms with van der Waals surface area (Å²) >= 11 is 0. The quantitative estimate of drug-likeness (QED) is 0.533. The van der Waals surface area contributed by atoms with Crippen molar-refractivity contribution in [3.8, 4) is 11.1 Å². The molecule has 4 rings (SSSR count). The van der Waals surface area contributed by atoms with Crippen LogP contribution in [0, 0.1) is 0 Å². The molecule has 0 heterocycles. The molecule has 0 radical (unpaired) electrons. The van der Waals surface area contributed by atoms with Gasteiger partial charge in [0, 0.05) is 0 Å². The zero-order valence-electron chi connectivity index (χ0n) is 14.8. The fourth-order valence-corrected chi connectivity index (χ4v) is 4.34. The fourth-order valence-electron chi connectivity index (χ4n) is 4.34. The zero-order chi connectivity index (χ0) is 18.1. The number of aryl methyl sites for hydroxylation is 1. The lowest BCUT2D eigenvalue weighted by Crippen LogP contribution is -2.08. The molecule has 0 saturated carbocycles. The lowest BCUT2D eigenvalue weighted by Gasteiger charge is -2.23. The highest BCUT2D eigenvalue weighted by Crippen LogP contribution is 2.41. The number of allylic oxidation sites excluding steroid dienone is 2. The molecule has 2 aromatic rings. The molecule has 0 amide bonds. The maximum Gasteiger partial charge on any atom is 0.416 e. The molecule has 0 atom stereocenters. The summed E-state index contributed by atoms with van der Waals surface area (Å²) in [5.41, 5.74) is 6.08. The Morgan fingerprint density at radius 1 is 0.731 bits per heavy atom. The Hall–Kier alpha value is -2.03. The van der Waals surface area contributed by atoms with Crippen molar-refractivity contribution < 1.29 is 13.2 Å². The van der Waals surface area contributed by atoms with E-state index in [-0.39, 0.29) is 0 Å². The summed E-state index contributed by atoms with van der Waals surface area (Å²) in [6, 6.07) is 10.6. The van der Waals surface area contributed by atoms with E-state index in [0.717, 1.165) is 67.2 Å². The zero-order valence-corrected chi connectivity index (χ0v) is 14.8. The van der Waals surface area contributed by atoms with Crippen molar-refractivity contribution in [1.29, 1.82) is 0 Å². The van der Waals surface area contributed by atoms with Gasteiger partial charge in [-0.2, -0.15) is 13.2 Å². The van der Waals surface area contributed by atoms with Gasteiger partial charge in [-0.05, 0) is 96.9 Å². The molecule has 2 aliphatic carbocycles. The van der Waals surface area contributed by atoms with Crippen LogP contribution in [0.5, 0.6) is 0 Å². The second-order valence-corrected chi connectivity index (χ2v) is 7.38. The molecule has 0 fully saturated rings. The first-order valence-electron chi connectivity index (χ1n) is 9.56. The molecule has 0 saturated heterocycles. The van der Waals surface area contributed by atoms with Crippen LogP contribution in [-0.2, 0) is 19.0 Å². The number of rotatable bonds is 2. The van der Waals surface area contributed by atoms with E-state index in [9.17, 15) is 13.2 Å². The van der Waals surface area contributed by atoms with E-state index in [1.54, 1.807) is 6.07 Å². The molecule has 0 bridgehead atoms. The summed E-state index contributed by atoms with van der Waals surface area (Å²) in [7, 11) is 0. The Labute approximate surface area is 152 Å². The third-order valence-corrected chi connectivity index (χ3v) is 5.67. The van der Waals surface area contributed by atoms with Gasteiger partial charge in [-0.1, -0.05) is 30.3 Å². The summed E-state index contributed by atoms with van der Waals surface area (Å²) < 4.78 is 40.0. The van der Waals surface area contributed by atoms with Gasteiger partial charge in [0.2, 0.25) is 0 Å². The van der Waals surface area contributed by atoms with E-state index in [2.05, 4.69) is 24.3 Å². The predicted molar refractivity (Wildman–Crippen MR) is 100.0 cm³/mol. The first-order chi connectivity index (χ1) is 12.5. The van der Waals surface area contributed by atoms with Crippen LogP contribution in [0.4, 0.5) is 13.2 Å². The van der Waals surface area contributed by atoms with Crippen molar-refractivity contribution in [2.24, 2.45) is 0 Å². The standard InChI is InChI=1S/C23H23F3/c24-23(25,26)18-13-14-21(22(15-18)17-7-2-1-3-8-17)20-12-6-10-16-9-4-5-11-19(16)20/h6-7,10,12-15H,1-5,8-9,11H2. The van der Waals surface area contributed by atoms with Crippen molar-refractivity contribution in [1.82, 2.24) is 0 Å². The lowest BCUT2D eigenvalue weighted by molar-refractivity contribution is -0.137. The Balaban J connectivity index is 1.90. The van der Waals surface area contributed by atoms with Gasteiger partial charge >= 0.3 is 6.18 Å². The van der Waals surface area contributed by atoms with Crippen molar-refractivity contribution in [3.05, 3.63) is 64.7 Å². The molecular weight excluding hydrogens is 333 g/mol. The minimum absolute atomic E-state index is 0.549. The highest BCUT2D eigenvalue weighted by atomic mass is 19.4. The van der Waals surface area contributed by atoms with Crippen LogP contribution in [0.15, 0.2) is 42.5 Å². The number of benzene rings is 2. The maximum absolute atomic E-state index is 13.3. The average molecular weight is 356 g/mol. The van der Waals surface area contributed by atoms with Crippen molar-refractivity contribution in [3.63, 3.8) is 0 Å². The summed E-state index contributed by atoms with van der Waals surface area (Å²) in [4.78, 5) is 0. The molecule has 3 heteroatoms. The largest absolute Gasteiger partial charge is 0.416 e. The third-order valence-electron chi connectivity index (χ3n) is 5.67. The predicted octanol–water partition coefficient (Wildman–Crippen LogP) is 7.21. The topological polar surface area (TPSA) is 0 Å². The van der Waals surface area contributed by atoms with E-state index in [1.165, 1.54) is 29.7 Å². The average Bonchev–Trinajstić information content (AvgIpc) is 2.67. The number of alkyl halides is 3. The fraction of sp³-hybridized carbons (Fsp3) is 0.391. The van der Waals surface area contributed by atoms with Gasteiger partial charge in [-0.3, -0.25) is 0 Å². The van der Waals surface area contributed by atoms with Crippen molar-refractivity contribution in [2.75, 3.05) is 0 Å². The molecular formula is C23H23F3. The molecule has 0 N–H and O–H groups in total. The van der Waals surface area contributed by atoms with Gasteiger partial charge in [-0.15, -0.1) is 0 Å². The lowest BCUT2D eigenvalue weighted by atomic mass is 9.82. The Bertz CT molecular complexity index is 843. The van der Waals surface area contributed by atoms with E-state index < -0.39 is 11.7 Å². The summed E-state index contributed by atoms with van der Waals surface area (Å²) in [6.45, 7) is 0. The number of hydrogen-bond acceptors (Lipinski definition) is 0. The van der Waals surface area contributed by atoms with Gasteiger partial charge in [-0.25, -0.2) is 0 Å². The van der Waals surface area contributed by atoms with Gasteiger partial charge in [0.1, 0.15) is 0 Å². The Kier molecular flexibility index (Phi) is 4.64. The molecule has 0 unspecified atom stereocenters. The number of halogens is 3. The normalized spacial score (nSPS) is 17.6. The second-order valence-electron chi connectivity index (χ2n) is 7.38. The van der Waals surface area contributed by atoms with E-state index in [1.807, 2.05) is 0 Å². The Morgan fingerprint density at radius 3 is 2.31 bits per heavy atom. The van der Waals surface area contributed by atoms with Crippen LogP contribution in [-0.4, -0.2) is 0 Å². The maximum atomic E-state index is 13.3. The molecule has 0 aliphatic heterocycles. The van der Waals surface area contributed by atoms with Gasteiger partial charge in [0.05, 0.1) is 5.56 Å². The molecule has 0 aromatic heterocycles. The molecule has 2 aromatic carbocycles. The van der Waals surface area contributed by atoms with Crippen LogP contribution in [0.2, 0.25) is 0 Å². The van der Waals surface area contributed by atoms with Gasteiger partial charge < -0.3 is 0 Å². The highest BCUT2D eigenvalue weighted by molar-refractivity contribution is 5.84. The molecule has 2 aliphatic rings. The van der Waals surface area contributed by atoms with Gasteiger partial charge in [0.15, 0.2) is 0 Å². The van der Waals surface area contributed by atoms with Crippen LogP contribution in [0.3, 0.4) is 0 Å². The summed E-state index contributed by atoms with van der Waals surface area (Å²) in [6.07, 6.45) is 6.27. The third kappa shape index (κ3) is 3.32.